The van der Waals surface area contributed by atoms with Gasteiger partial charge in [-0.1, -0.05) is 53.0 Å². The molecular weight excluding hydrogens is 1130 g/mol. The minimum absolute atomic E-state index is 0.00635. The molecule has 0 aromatic heterocycles. The highest BCUT2D eigenvalue weighted by Gasteiger charge is 2.48. The third-order valence-electron chi connectivity index (χ3n) is 13.7. The number of benzene rings is 1. The van der Waals surface area contributed by atoms with Crippen molar-refractivity contribution in [3.8, 4) is 5.75 Å². The largest absolute Gasteiger partial charge is 0.497 e. The van der Waals surface area contributed by atoms with Crippen molar-refractivity contribution in [1.82, 2.24) is 47.4 Å². The molecule has 21 N–H and O–H groups in total. The van der Waals surface area contributed by atoms with Gasteiger partial charge in [0.05, 0.1) is 31.2 Å². The number of aliphatic carboxylic acids is 1. The van der Waals surface area contributed by atoms with E-state index in [4.69, 9.17) is 39.1 Å². The maximum atomic E-state index is 14.7. The van der Waals surface area contributed by atoms with E-state index in [2.05, 4.69) is 52.5 Å². The van der Waals surface area contributed by atoms with Crippen molar-refractivity contribution in [2.24, 2.45) is 44.4 Å². The summed E-state index contributed by atoms with van der Waals surface area (Å²) in [7, 11) is 3.59. The molecule has 1 aromatic carbocycles. The van der Waals surface area contributed by atoms with E-state index >= 15 is 0 Å². The lowest BCUT2D eigenvalue weighted by molar-refractivity contribution is -0.143. The summed E-state index contributed by atoms with van der Waals surface area (Å²) in [5.41, 5.74) is 34.0. The molecule has 4 rings (SSSR count). The van der Waals surface area contributed by atoms with Crippen LogP contribution in [0.2, 0.25) is 0 Å². The Morgan fingerprint density at radius 3 is 1.83 bits per heavy atom. The number of carboxylic acid groups (broad SMARTS) is 1. The van der Waals surface area contributed by atoms with Crippen LogP contribution in [0.15, 0.2) is 34.3 Å². The van der Waals surface area contributed by atoms with Gasteiger partial charge >= 0.3 is 5.97 Å². The molecule has 3 aliphatic rings. The summed E-state index contributed by atoms with van der Waals surface area (Å²) in [4.78, 5) is 174. The van der Waals surface area contributed by atoms with Crippen LogP contribution in [-0.4, -0.2) is 185 Å². The first-order valence-corrected chi connectivity index (χ1v) is 29.1. The number of hydrogen-bond acceptors (Lipinski definition) is 17. The molecule has 3 fully saturated rings. The second kappa shape index (κ2) is 33.1. The number of ether oxygens (including phenoxy) is 1. The highest BCUT2D eigenvalue weighted by Crippen LogP contribution is 2.48. The van der Waals surface area contributed by atoms with E-state index in [9.17, 15) is 62.6 Å². The Kier molecular flexibility index (Phi) is 26.9. The van der Waals surface area contributed by atoms with Crippen molar-refractivity contribution < 1.29 is 67.4 Å². The lowest BCUT2D eigenvalue weighted by atomic mass is 9.82. The summed E-state index contributed by atoms with van der Waals surface area (Å²) < 4.78 is 4.11. The zero-order valence-corrected chi connectivity index (χ0v) is 47.9. The van der Waals surface area contributed by atoms with Gasteiger partial charge in [-0.2, -0.15) is 0 Å². The van der Waals surface area contributed by atoms with Crippen LogP contribution in [0.1, 0.15) is 96.0 Å². The predicted octanol–water partition coefficient (Wildman–Crippen LogP) is -5.20. The molecule has 1 saturated carbocycles. The molecule has 0 unspecified atom stereocenters. The fourth-order valence-corrected chi connectivity index (χ4v) is 13.0. The zero-order chi connectivity index (χ0) is 61.4. The quantitative estimate of drug-likeness (QED) is 0.0300. The van der Waals surface area contributed by atoms with Gasteiger partial charge in [0.15, 0.2) is 11.9 Å². The average Bonchev–Trinajstić information content (AvgIpc) is 3.96. The van der Waals surface area contributed by atoms with E-state index in [1.165, 1.54) is 14.0 Å². The molecule has 1 spiro atoms. The molecule has 33 heteroatoms. The number of primary amides is 2. The van der Waals surface area contributed by atoms with Crippen molar-refractivity contribution >= 4 is 104 Å². The van der Waals surface area contributed by atoms with Crippen LogP contribution < -0.4 is 81.7 Å². The van der Waals surface area contributed by atoms with Crippen LogP contribution in [-0.2, 0) is 64.0 Å². The number of guanidine groups is 2. The second-order valence-corrected chi connectivity index (χ2v) is 22.8. The standard InChI is InChI=1S/C50H77N17O14S2/c1-26(68)60-39-46(79)65-33(22-36(51)69)47(80)67-20-8-11-35(67)45(78)63-29(9-6-18-57-48(53)54)41(74)59-24-37(70)61-32(23-38(71)72)44(77)64-31(21-27-12-14-28(81-2)15-13-27)43(76)62-30(10-7-19-58-49(55)56)42(75)66-34(40(52)73)25-82-83-50(39)16-4-3-5-17-50/h12-15,29-35,39H,3-11,16-25H2,1-2H3,(H2,51,69)(H2,52,73)(H,59,74)(H,60,68)(H,61,70)(H,62,76)(H,63,78)(H,64,77)(H,65,79)(H,66,75)(H,71,72)(H4,53,54,57)(H4,55,56,58)/t29-,30-,31+,32-,33-,34-,35+,39+/m0/s1. The van der Waals surface area contributed by atoms with E-state index in [0.29, 0.717) is 37.0 Å². The lowest BCUT2D eigenvalue weighted by Crippen LogP contribution is -2.62. The van der Waals surface area contributed by atoms with E-state index in [-0.39, 0.29) is 82.3 Å². The Labute approximate surface area is 486 Å². The van der Waals surface area contributed by atoms with E-state index in [1.807, 2.05) is 0 Å². The number of hydrogen-bond donors (Lipinski definition) is 15. The molecule has 83 heavy (non-hydrogen) atoms. The van der Waals surface area contributed by atoms with Crippen molar-refractivity contribution in [2.75, 3.05) is 39.0 Å². The molecule has 1 aliphatic carbocycles. The van der Waals surface area contributed by atoms with Gasteiger partial charge in [-0.3, -0.25) is 67.5 Å². The Morgan fingerprint density at radius 1 is 0.699 bits per heavy atom. The minimum atomic E-state index is -1.88. The van der Waals surface area contributed by atoms with Gasteiger partial charge in [-0.15, -0.1) is 0 Å². The van der Waals surface area contributed by atoms with Crippen LogP contribution in [0.5, 0.6) is 5.75 Å². The molecule has 11 amide bonds. The normalized spacial score (nSPS) is 24.6. The Hall–Kier alpha value is -8.10. The number of carboxylic acids is 1. The molecule has 1 aromatic rings. The molecule has 2 aliphatic heterocycles. The molecule has 31 nitrogen and oxygen atoms in total. The molecule has 8 atom stereocenters. The summed E-state index contributed by atoms with van der Waals surface area (Å²) in [5.74, 6) is -12.2. The number of carbonyl (C=O) groups is 12. The van der Waals surface area contributed by atoms with Gasteiger partial charge < -0.3 is 91.7 Å². The van der Waals surface area contributed by atoms with E-state index in [0.717, 1.165) is 32.9 Å². The Bertz CT molecular complexity index is 2580. The van der Waals surface area contributed by atoms with Crippen LogP contribution >= 0.6 is 21.6 Å². The molecule has 0 radical (unpaired) electrons. The smallest absolute Gasteiger partial charge is 0.305 e. The van der Waals surface area contributed by atoms with Gasteiger partial charge in [0.25, 0.3) is 0 Å². The number of carbonyl (C=O) groups excluding carboxylic acids is 11. The van der Waals surface area contributed by atoms with Crippen molar-refractivity contribution in [2.45, 2.75) is 150 Å². The van der Waals surface area contributed by atoms with Gasteiger partial charge in [-0.25, -0.2) is 0 Å². The van der Waals surface area contributed by atoms with Gasteiger partial charge in [0.1, 0.15) is 54.1 Å². The molecule has 458 valence electrons. The number of fused-ring (bicyclic) bond motifs is 1. The third-order valence-corrected chi connectivity index (χ3v) is 17.0. The van der Waals surface area contributed by atoms with Crippen LogP contribution in [0.3, 0.4) is 0 Å². The van der Waals surface area contributed by atoms with Gasteiger partial charge in [0, 0.05) is 38.7 Å². The number of nitrogens with one attached hydrogen (secondary N) is 8. The fraction of sp³-hybridized carbons (Fsp3) is 0.600. The number of rotatable bonds is 17. The second-order valence-electron chi connectivity index (χ2n) is 20.1. The number of aliphatic imine (C=N–C) groups is 2. The predicted molar refractivity (Wildman–Crippen MR) is 305 cm³/mol. The monoisotopic (exact) mass is 1200 g/mol. The van der Waals surface area contributed by atoms with E-state index in [1.54, 1.807) is 24.3 Å². The topological polar surface area (TPSA) is 515 Å². The fourth-order valence-electron chi connectivity index (χ4n) is 9.54. The Morgan fingerprint density at radius 2 is 1.27 bits per heavy atom. The summed E-state index contributed by atoms with van der Waals surface area (Å²) in [6, 6.07) is -5.84. The summed E-state index contributed by atoms with van der Waals surface area (Å²) in [6.07, 6.45) is 0.692. The average molecular weight is 1200 g/mol. The molecule has 2 saturated heterocycles. The first kappa shape index (κ1) is 67.4. The first-order chi connectivity index (χ1) is 39.3. The maximum Gasteiger partial charge on any atom is 0.305 e. The first-order valence-electron chi connectivity index (χ1n) is 26.8. The zero-order valence-electron chi connectivity index (χ0n) is 46.2. The SMILES string of the molecule is COc1ccc(C[C@H]2NC(=O)[C@H](CC(=O)O)NC(=O)CNC(=O)[C@H](CCCN=C(N)N)NC(=O)[C@H]3CCCN3C(=O)[C@H](CC(N)=O)NC(=O)[C@@H](NC(C)=O)C3(CCCCC3)SSC[C@@H](C(N)=O)NC(=O)[C@H](CCCN=C(N)N)NC2=O)cc1. The summed E-state index contributed by atoms with van der Waals surface area (Å²) >= 11 is 0. The molecular formula is C50H77N17O14S2. The number of amides is 11. The van der Waals surface area contributed by atoms with Crippen LogP contribution in [0.25, 0.3) is 0 Å². The summed E-state index contributed by atoms with van der Waals surface area (Å²) in [5, 5.41) is 30.1. The van der Waals surface area contributed by atoms with Crippen molar-refractivity contribution in [3.63, 3.8) is 0 Å². The van der Waals surface area contributed by atoms with Gasteiger partial charge in [-0.05, 0) is 69.1 Å². The summed E-state index contributed by atoms with van der Waals surface area (Å²) in [6.45, 7) is 0.229. The van der Waals surface area contributed by atoms with E-state index < -0.39 is 143 Å². The lowest BCUT2D eigenvalue weighted by Gasteiger charge is -2.42. The molecule has 2 heterocycles. The number of nitrogens with zero attached hydrogens (tertiary/aromatic N) is 3. The maximum absolute atomic E-state index is 14.7. The van der Waals surface area contributed by atoms with Crippen LogP contribution in [0.4, 0.5) is 0 Å². The van der Waals surface area contributed by atoms with Crippen molar-refractivity contribution in [1.29, 1.82) is 0 Å². The highest BCUT2D eigenvalue weighted by atomic mass is 33.1. The Balaban J connectivity index is 1.83. The van der Waals surface area contributed by atoms with Gasteiger partial charge in [0.2, 0.25) is 65.0 Å². The number of nitrogens with two attached hydrogens (primary N) is 6. The number of methoxy groups -OCH3 is 1. The third kappa shape index (κ3) is 22.0. The van der Waals surface area contributed by atoms with Crippen LogP contribution in [0, 0.1) is 0 Å². The van der Waals surface area contributed by atoms with Crippen molar-refractivity contribution in [3.05, 3.63) is 29.8 Å². The molecule has 0 bridgehead atoms. The minimum Gasteiger partial charge on any atom is -0.497 e. The highest BCUT2D eigenvalue weighted by molar-refractivity contribution is 8.77.